The monoisotopic (exact) mass is 492 g/mol. The maximum Gasteiger partial charge on any atom is 0.216 e. The fourth-order valence-corrected chi connectivity index (χ4v) is 4.74. The van der Waals surface area contributed by atoms with Gasteiger partial charge in [-0.1, -0.05) is 0 Å². The molecule has 11 nitrogen and oxygen atoms in total. The van der Waals surface area contributed by atoms with Crippen molar-refractivity contribution in [2.24, 2.45) is 0 Å². The molecule has 5 rings (SSSR count). The molecule has 1 saturated carbocycles. The average molecular weight is 493 g/mol. The summed E-state index contributed by atoms with van der Waals surface area (Å²) >= 11 is 0. The van der Waals surface area contributed by atoms with Crippen LogP contribution in [0.2, 0.25) is 0 Å². The van der Waals surface area contributed by atoms with Gasteiger partial charge in [-0.25, -0.2) is 9.97 Å². The van der Waals surface area contributed by atoms with Crippen LogP contribution < -0.4 is 10.1 Å². The van der Waals surface area contributed by atoms with Gasteiger partial charge in [-0.2, -0.15) is 15.2 Å². The molecule has 1 aliphatic carbocycles. The summed E-state index contributed by atoms with van der Waals surface area (Å²) in [4.78, 5) is 13.1. The Morgan fingerprint density at radius 3 is 2.78 bits per heavy atom. The maximum atomic E-state index is 9.78. The molecule has 0 unspecified atom stereocenters. The zero-order chi connectivity index (χ0) is 25.1. The lowest BCUT2D eigenvalue weighted by Crippen LogP contribution is -2.26. The van der Waals surface area contributed by atoms with Gasteiger partial charge >= 0.3 is 0 Å². The number of nitrogens with one attached hydrogen (secondary N) is 1. The predicted octanol–water partition coefficient (Wildman–Crippen LogP) is 2.74. The quantitative estimate of drug-likeness (QED) is 0.322. The third kappa shape index (κ3) is 5.17. The number of ether oxygens (including phenoxy) is 1. The number of fused-ring (bicyclic) bond motifs is 1. The Morgan fingerprint density at radius 2 is 2.03 bits per heavy atom. The van der Waals surface area contributed by atoms with Gasteiger partial charge in [0.1, 0.15) is 23.4 Å². The van der Waals surface area contributed by atoms with Gasteiger partial charge in [0.15, 0.2) is 0 Å². The summed E-state index contributed by atoms with van der Waals surface area (Å²) in [5.41, 5.74) is 2.67. The minimum absolute atomic E-state index is 0.118. The lowest BCUT2D eigenvalue weighted by molar-refractivity contribution is 0.0783. The first kappa shape index (κ1) is 24.1. The van der Waals surface area contributed by atoms with Crippen molar-refractivity contribution in [1.29, 1.82) is 0 Å². The highest BCUT2D eigenvalue weighted by atomic mass is 16.5. The van der Waals surface area contributed by atoms with E-state index < -0.39 is 6.10 Å². The van der Waals surface area contributed by atoms with E-state index in [-0.39, 0.29) is 25.3 Å². The topological polar surface area (TPSA) is 136 Å². The number of aryl methyl sites for hydroxylation is 1. The van der Waals surface area contributed by atoms with E-state index in [0.29, 0.717) is 11.7 Å². The van der Waals surface area contributed by atoms with Crippen LogP contribution in [-0.4, -0.2) is 70.1 Å². The molecule has 36 heavy (non-hydrogen) atoms. The Morgan fingerprint density at radius 1 is 1.19 bits per heavy atom. The van der Waals surface area contributed by atoms with E-state index in [9.17, 15) is 5.11 Å². The van der Waals surface area contributed by atoms with E-state index in [1.807, 2.05) is 26.2 Å². The van der Waals surface area contributed by atoms with Gasteiger partial charge in [0.2, 0.25) is 5.88 Å². The summed E-state index contributed by atoms with van der Waals surface area (Å²) in [6, 6.07) is 4.10. The number of nitrogens with zero attached hydrogens (tertiary/aromatic N) is 7. The van der Waals surface area contributed by atoms with Crippen molar-refractivity contribution in [3.05, 3.63) is 42.7 Å². The van der Waals surface area contributed by atoms with E-state index in [1.165, 1.54) is 0 Å². The van der Waals surface area contributed by atoms with Crippen LogP contribution in [0.3, 0.4) is 0 Å². The molecule has 190 valence electrons. The van der Waals surface area contributed by atoms with Crippen LogP contribution in [0.5, 0.6) is 5.88 Å². The Hall–Kier alpha value is -3.57. The summed E-state index contributed by atoms with van der Waals surface area (Å²) in [7, 11) is 0. The van der Waals surface area contributed by atoms with Crippen molar-refractivity contribution >= 4 is 16.7 Å². The van der Waals surface area contributed by atoms with Crippen LogP contribution in [0.4, 0.5) is 5.82 Å². The van der Waals surface area contributed by atoms with Crippen LogP contribution in [0.25, 0.3) is 22.2 Å². The molecule has 1 aliphatic rings. The van der Waals surface area contributed by atoms with Crippen LogP contribution in [0.15, 0.2) is 36.9 Å². The minimum atomic E-state index is -0.861. The number of aliphatic hydroxyl groups excluding tert-OH is 2. The number of hydrogen-bond donors (Lipinski definition) is 3. The number of anilines is 1. The van der Waals surface area contributed by atoms with E-state index >= 15 is 0 Å². The molecule has 0 bridgehead atoms. The van der Waals surface area contributed by atoms with Crippen LogP contribution in [-0.2, 0) is 6.54 Å². The number of aromatic nitrogens is 7. The van der Waals surface area contributed by atoms with E-state index in [0.717, 1.165) is 60.2 Å². The molecule has 0 saturated heterocycles. The molecule has 0 amide bonds. The van der Waals surface area contributed by atoms with Gasteiger partial charge < -0.3 is 20.3 Å². The number of aliphatic hydroxyl groups is 2. The highest BCUT2D eigenvalue weighted by molar-refractivity contribution is 5.93. The van der Waals surface area contributed by atoms with Crippen molar-refractivity contribution in [3.63, 3.8) is 0 Å². The third-order valence-electron chi connectivity index (χ3n) is 6.49. The van der Waals surface area contributed by atoms with E-state index in [1.54, 1.807) is 23.1 Å². The molecule has 3 N–H and O–H groups in total. The minimum Gasteiger partial charge on any atom is -0.474 e. The highest BCUT2D eigenvalue weighted by Crippen LogP contribution is 2.36. The first-order chi connectivity index (χ1) is 17.5. The van der Waals surface area contributed by atoms with Crippen LogP contribution >= 0.6 is 0 Å². The second-order valence-corrected chi connectivity index (χ2v) is 9.19. The van der Waals surface area contributed by atoms with Gasteiger partial charge in [0.25, 0.3) is 0 Å². The zero-order valence-electron chi connectivity index (χ0n) is 20.6. The lowest BCUT2D eigenvalue weighted by Gasteiger charge is -2.29. The fourth-order valence-electron chi connectivity index (χ4n) is 4.74. The number of hydrogen-bond acceptors (Lipinski definition) is 9. The molecule has 4 aromatic rings. The molecule has 11 heteroatoms. The smallest absolute Gasteiger partial charge is 0.216 e. The van der Waals surface area contributed by atoms with Gasteiger partial charge in [0.05, 0.1) is 37.0 Å². The molecule has 4 heterocycles. The van der Waals surface area contributed by atoms with Crippen LogP contribution in [0.1, 0.15) is 44.5 Å². The first-order valence-corrected chi connectivity index (χ1v) is 12.4. The molecule has 0 radical (unpaired) electrons. The van der Waals surface area contributed by atoms with Gasteiger partial charge in [-0.15, -0.1) is 0 Å². The van der Waals surface area contributed by atoms with Gasteiger partial charge in [-0.3, -0.25) is 9.36 Å². The van der Waals surface area contributed by atoms with Gasteiger partial charge in [0, 0.05) is 48.2 Å². The van der Waals surface area contributed by atoms with Crippen molar-refractivity contribution in [2.45, 2.75) is 64.3 Å². The SMILES string of the molecule is CCNc1cc2c(cn1)c(-c1cnn(C[C@@H](O)CO)c1)nn2[C@H]1CC[C@@H](Oc2ccnc(C)n2)CC1. The predicted molar refractivity (Wildman–Crippen MR) is 135 cm³/mol. The third-order valence-corrected chi connectivity index (χ3v) is 6.49. The molecule has 1 fully saturated rings. The zero-order valence-corrected chi connectivity index (χ0v) is 20.6. The van der Waals surface area contributed by atoms with Crippen molar-refractivity contribution in [2.75, 3.05) is 18.5 Å². The number of rotatable bonds is 9. The summed E-state index contributed by atoms with van der Waals surface area (Å²) in [6.07, 6.45) is 10.1. The average Bonchev–Trinajstić information content (AvgIpc) is 3.49. The number of pyridine rings is 1. The maximum absolute atomic E-state index is 9.78. The van der Waals surface area contributed by atoms with Crippen LogP contribution in [0, 0.1) is 6.92 Å². The van der Waals surface area contributed by atoms with Crippen molar-refractivity contribution in [3.8, 4) is 17.1 Å². The van der Waals surface area contributed by atoms with E-state index in [2.05, 4.69) is 36.1 Å². The second-order valence-electron chi connectivity index (χ2n) is 9.19. The summed E-state index contributed by atoms with van der Waals surface area (Å²) in [5, 5.41) is 32.6. The Balaban J connectivity index is 1.40. The van der Waals surface area contributed by atoms with Crippen molar-refractivity contribution in [1.82, 2.24) is 34.5 Å². The molecule has 4 aromatic heterocycles. The summed E-state index contributed by atoms with van der Waals surface area (Å²) in [6.45, 7) is 4.59. The Kier molecular flexibility index (Phi) is 7.10. The molecular formula is C25H32N8O3. The highest BCUT2D eigenvalue weighted by Gasteiger charge is 2.27. The summed E-state index contributed by atoms with van der Waals surface area (Å²) in [5.74, 6) is 2.15. The summed E-state index contributed by atoms with van der Waals surface area (Å²) < 4.78 is 9.87. The molecule has 0 aromatic carbocycles. The normalized spacial score (nSPS) is 18.9. The first-order valence-electron chi connectivity index (χ1n) is 12.4. The Labute approximate surface area is 209 Å². The Bertz CT molecular complexity index is 1310. The fraction of sp³-hybridized carbons (Fsp3) is 0.480. The lowest BCUT2D eigenvalue weighted by atomic mass is 9.93. The van der Waals surface area contributed by atoms with E-state index in [4.69, 9.17) is 14.9 Å². The largest absolute Gasteiger partial charge is 0.474 e. The standard InChI is InChI=1S/C25H32N8O3/c1-3-26-23-10-22-21(12-28-23)25(17-11-29-32(13-17)14-19(35)15-34)31-33(22)18-4-6-20(7-5-18)36-24-8-9-27-16(2)30-24/h8-13,18-20,34-35H,3-7,14-15H2,1-2H3,(H,26,28)/t18-,19-,20+/m1/s1. The molecule has 1 atom stereocenters. The molecule has 0 aliphatic heterocycles. The van der Waals surface area contributed by atoms with Crippen molar-refractivity contribution < 1.29 is 14.9 Å². The molecule has 0 spiro atoms. The molecular weight excluding hydrogens is 460 g/mol. The van der Waals surface area contributed by atoms with Gasteiger partial charge in [-0.05, 0) is 39.5 Å². The second kappa shape index (κ2) is 10.6.